The van der Waals surface area contributed by atoms with Crippen LogP contribution in [0.3, 0.4) is 0 Å². The molecule has 0 bridgehead atoms. The van der Waals surface area contributed by atoms with E-state index in [1.165, 1.54) is 11.8 Å². The van der Waals surface area contributed by atoms with Gasteiger partial charge in [-0.2, -0.15) is 0 Å². The molecule has 0 unspecified atom stereocenters. The van der Waals surface area contributed by atoms with Crippen LogP contribution in [0.2, 0.25) is 10.0 Å². The van der Waals surface area contributed by atoms with Gasteiger partial charge in [0.2, 0.25) is 0 Å². The third-order valence-corrected chi connectivity index (χ3v) is 7.49. The molecule has 0 fully saturated rings. The summed E-state index contributed by atoms with van der Waals surface area (Å²) in [5.74, 6) is 0. The number of hydrogen-bond donors (Lipinski definition) is 1. The summed E-state index contributed by atoms with van der Waals surface area (Å²) in [5.41, 5.74) is 8.24. The molecule has 0 atom stereocenters. The lowest BCUT2D eigenvalue weighted by molar-refractivity contribution is 0.969. The first kappa shape index (κ1) is 20.5. The summed E-state index contributed by atoms with van der Waals surface area (Å²) in [4.78, 5) is 11.8. The predicted molar refractivity (Wildman–Crippen MR) is 133 cm³/mol. The normalized spacial score (nSPS) is 11.3. The van der Waals surface area contributed by atoms with Crippen molar-refractivity contribution in [3.63, 3.8) is 0 Å². The zero-order valence-electron chi connectivity index (χ0n) is 16.0. The van der Waals surface area contributed by atoms with Gasteiger partial charge in [-0.3, -0.25) is 0 Å². The molecule has 2 N–H and O–H groups in total. The molecule has 5 aromatic rings. The van der Waals surface area contributed by atoms with E-state index >= 15 is 0 Å². The van der Waals surface area contributed by atoms with E-state index in [4.69, 9.17) is 38.9 Å². The number of nitrogens with two attached hydrogens (primary N) is 1. The molecule has 31 heavy (non-hydrogen) atoms. The van der Waals surface area contributed by atoms with Crippen molar-refractivity contribution < 1.29 is 0 Å². The smallest absolute Gasteiger partial charge is 0.134 e. The highest BCUT2D eigenvalue weighted by molar-refractivity contribution is 8.02. The molecule has 0 aliphatic heterocycles. The highest BCUT2D eigenvalue weighted by atomic mass is 35.5. The van der Waals surface area contributed by atoms with Gasteiger partial charge in [-0.25, -0.2) is 9.97 Å². The number of rotatable bonds is 4. The average molecular weight is 480 g/mol. The second kappa shape index (κ2) is 8.60. The second-order valence-electron chi connectivity index (χ2n) is 6.87. The van der Waals surface area contributed by atoms with Gasteiger partial charge < -0.3 is 5.73 Å². The summed E-state index contributed by atoms with van der Waals surface area (Å²) in [6, 6.07) is 25.5. The Morgan fingerprint density at radius 3 is 1.94 bits per heavy atom. The molecular formula is C24H15Cl2N3S2. The Balaban J connectivity index is 1.66. The van der Waals surface area contributed by atoms with Gasteiger partial charge in [-0.05, 0) is 65.4 Å². The van der Waals surface area contributed by atoms with Gasteiger partial charge in [-0.1, -0.05) is 71.0 Å². The Hall–Kier alpha value is -2.44. The van der Waals surface area contributed by atoms with Crippen molar-refractivity contribution in [3.05, 3.63) is 88.9 Å². The second-order valence-corrected chi connectivity index (χ2v) is 9.81. The average Bonchev–Trinajstić information content (AvgIpc) is 2.77. The first-order valence-corrected chi connectivity index (χ1v) is 11.8. The summed E-state index contributed by atoms with van der Waals surface area (Å²) < 4.78 is 0. The SMILES string of the molecule is Nc1ccc(Sc2nc3cc4ccccc4cc3nc2Sc2cc(Cl)ccc2Cl)cc1. The minimum Gasteiger partial charge on any atom is -0.399 e. The minimum absolute atomic E-state index is 0.623. The van der Waals surface area contributed by atoms with Crippen molar-refractivity contribution in [2.45, 2.75) is 19.8 Å². The summed E-state index contributed by atoms with van der Waals surface area (Å²) in [7, 11) is 0. The maximum absolute atomic E-state index is 6.42. The summed E-state index contributed by atoms with van der Waals surface area (Å²) in [5, 5.41) is 5.07. The maximum Gasteiger partial charge on any atom is 0.134 e. The van der Waals surface area contributed by atoms with Crippen LogP contribution >= 0.6 is 46.7 Å². The van der Waals surface area contributed by atoms with Gasteiger partial charge in [0.1, 0.15) is 10.1 Å². The maximum atomic E-state index is 6.42. The van der Waals surface area contributed by atoms with Gasteiger partial charge >= 0.3 is 0 Å². The highest BCUT2D eigenvalue weighted by Crippen LogP contribution is 2.41. The monoisotopic (exact) mass is 479 g/mol. The van der Waals surface area contributed by atoms with Gasteiger partial charge in [0, 0.05) is 20.5 Å². The fraction of sp³-hybridized carbons (Fsp3) is 0. The molecule has 1 aromatic heterocycles. The van der Waals surface area contributed by atoms with Crippen LogP contribution in [0, 0.1) is 0 Å². The molecule has 152 valence electrons. The lowest BCUT2D eigenvalue weighted by Crippen LogP contribution is -1.93. The Morgan fingerprint density at radius 2 is 1.29 bits per heavy atom. The van der Waals surface area contributed by atoms with Crippen LogP contribution in [-0.4, -0.2) is 9.97 Å². The largest absolute Gasteiger partial charge is 0.399 e. The molecule has 4 aromatic carbocycles. The van der Waals surface area contributed by atoms with Crippen LogP contribution < -0.4 is 5.73 Å². The number of halogens is 2. The number of fused-ring (bicyclic) bond motifs is 2. The van der Waals surface area contributed by atoms with E-state index in [0.29, 0.717) is 10.0 Å². The molecule has 0 radical (unpaired) electrons. The fourth-order valence-corrected chi connectivity index (χ4v) is 5.48. The van der Waals surface area contributed by atoms with Gasteiger partial charge in [0.25, 0.3) is 0 Å². The van der Waals surface area contributed by atoms with E-state index in [1.807, 2.05) is 42.5 Å². The molecule has 0 amide bonds. The summed E-state index contributed by atoms with van der Waals surface area (Å²) in [6.07, 6.45) is 0. The van der Waals surface area contributed by atoms with Crippen molar-refractivity contribution in [3.8, 4) is 0 Å². The predicted octanol–water partition coefficient (Wildman–Crippen LogP) is 7.97. The Morgan fingerprint density at radius 1 is 0.677 bits per heavy atom. The zero-order valence-corrected chi connectivity index (χ0v) is 19.2. The number of anilines is 1. The molecule has 3 nitrogen and oxygen atoms in total. The molecule has 0 saturated carbocycles. The van der Waals surface area contributed by atoms with Crippen molar-refractivity contribution >= 4 is 74.2 Å². The molecule has 0 saturated heterocycles. The lowest BCUT2D eigenvalue weighted by atomic mass is 10.1. The molecule has 1 heterocycles. The summed E-state index contributed by atoms with van der Waals surface area (Å²) in [6.45, 7) is 0. The van der Waals surface area contributed by atoms with Crippen molar-refractivity contribution in [1.29, 1.82) is 0 Å². The third-order valence-electron chi connectivity index (χ3n) is 4.66. The fourth-order valence-electron chi connectivity index (χ4n) is 3.15. The Kier molecular flexibility index (Phi) is 5.67. The molecule has 0 spiro atoms. The molecule has 5 rings (SSSR count). The molecule has 0 aliphatic rings. The Labute approximate surface area is 198 Å². The number of hydrogen-bond acceptors (Lipinski definition) is 5. The topological polar surface area (TPSA) is 51.8 Å². The Bertz CT molecular complexity index is 1420. The van der Waals surface area contributed by atoms with Gasteiger partial charge in [-0.15, -0.1) is 0 Å². The lowest BCUT2D eigenvalue weighted by Gasteiger charge is -2.11. The molecular weight excluding hydrogens is 465 g/mol. The molecule has 7 heteroatoms. The number of nitrogen functional groups attached to an aromatic ring is 1. The number of aromatic nitrogens is 2. The van der Waals surface area contributed by atoms with E-state index in [-0.39, 0.29) is 0 Å². The van der Waals surface area contributed by atoms with E-state index in [2.05, 4.69) is 24.3 Å². The zero-order chi connectivity index (χ0) is 21.4. The van der Waals surface area contributed by atoms with Crippen LogP contribution in [0.5, 0.6) is 0 Å². The number of benzene rings is 4. The summed E-state index contributed by atoms with van der Waals surface area (Å²) >= 11 is 15.6. The van der Waals surface area contributed by atoms with Gasteiger partial charge in [0.15, 0.2) is 0 Å². The van der Waals surface area contributed by atoms with Crippen LogP contribution in [0.25, 0.3) is 21.8 Å². The van der Waals surface area contributed by atoms with E-state index in [9.17, 15) is 0 Å². The van der Waals surface area contributed by atoms with Crippen molar-refractivity contribution in [2.75, 3.05) is 5.73 Å². The first-order chi connectivity index (χ1) is 15.0. The standard InChI is InChI=1S/C24H15Cl2N3S2/c25-16-5-10-19(26)22(13-16)31-24-23(30-18-8-6-17(27)7-9-18)28-20-11-14-3-1-2-4-15(14)12-21(20)29-24/h1-13H,27H2. The van der Waals surface area contributed by atoms with E-state index in [1.54, 1.807) is 23.9 Å². The van der Waals surface area contributed by atoms with Crippen LogP contribution in [0.4, 0.5) is 5.69 Å². The first-order valence-electron chi connectivity index (χ1n) is 9.42. The van der Waals surface area contributed by atoms with Crippen LogP contribution in [0.1, 0.15) is 0 Å². The number of nitrogens with zero attached hydrogens (tertiary/aromatic N) is 2. The third kappa shape index (κ3) is 4.46. The van der Waals surface area contributed by atoms with Crippen molar-refractivity contribution in [1.82, 2.24) is 9.97 Å². The highest BCUT2D eigenvalue weighted by Gasteiger charge is 2.15. The minimum atomic E-state index is 0.623. The van der Waals surface area contributed by atoms with Crippen LogP contribution in [-0.2, 0) is 0 Å². The van der Waals surface area contributed by atoms with E-state index in [0.717, 1.165) is 47.3 Å². The van der Waals surface area contributed by atoms with Crippen molar-refractivity contribution in [2.24, 2.45) is 0 Å². The van der Waals surface area contributed by atoms with Gasteiger partial charge in [0.05, 0.1) is 16.1 Å². The van der Waals surface area contributed by atoms with Crippen LogP contribution in [0.15, 0.2) is 98.7 Å². The quantitative estimate of drug-likeness (QED) is 0.209. The van der Waals surface area contributed by atoms with E-state index < -0.39 is 0 Å². The molecule has 0 aliphatic carbocycles.